The van der Waals surface area contributed by atoms with Gasteiger partial charge in [0.15, 0.2) is 6.10 Å². The van der Waals surface area contributed by atoms with Gasteiger partial charge in [-0.25, -0.2) is 14.2 Å². The summed E-state index contributed by atoms with van der Waals surface area (Å²) in [7, 11) is -3.80. The van der Waals surface area contributed by atoms with Gasteiger partial charge in [0.05, 0.1) is 35.4 Å². The number of carbonyl (C=O) groups is 2. The van der Waals surface area contributed by atoms with Crippen LogP contribution in [0.5, 0.6) is 5.75 Å². The molecule has 0 heterocycles. The Morgan fingerprint density at radius 3 is 2.34 bits per heavy atom. The molecule has 202 valence electrons. The van der Waals surface area contributed by atoms with Crippen LogP contribution >= 0.6 is 7.60 Å². The number of anilines is 3. The van der Waals surface area contributed by atoms with Crippen molar-refractivity contribution in [1.29, 1.82) is 0 Å². The molecular formula is C28H33N2O7P. The Kier molecular flexibility index (Phi) is 9.93. The van der Waals surface area contributed by atoms with Crippen molar-refractivity contribution in [2.24, 2.45) is 0 Å². The Hall–Kier alpha value is -3.81. The predicted molar refractivity (Wildman–Crippen MR) is 148 cm³/mol. The van der Waals surface area contributed by atoms with Crippen molar-refractivity contribution in [1.82, 2.24) is 0 Å². The van der Waals surface area contributed by atoms with E-state index in [1.165, 1.54) is 13.0 Å². The summed E-state index contributed by atoms with van der Waals surface area (Å²) < 4.78 is 30.1. The highest BCUT2D eigenvalue weighted by Gasteiger charge is 2.32. The van der Waals surface area contributed by atoms with E-state index in [4.69, 9.17) is 13.8 Å². The van der Waals surface area contributed by atoms with Crippen LogP contribution in [0.15, 0.2) is 66.7 Å². The van der Waals surface area contributed by atoms with Crippen LogP contribution in [-0.2, 0) is 18.6 Å². The maximum Gasteiger partial charge on any atom is 0.381 e. The highest BCUT2D eigenvalue weighted by atomic mass is 31.2. The minimum atomic E-state index is -3.80. The molecule has 3 rings (SSSR count). The molecule has 1 unspecified atom stereocenters. The van der Waals surface area contributed by atoms with E-state index in [0.717, 1.165) is 11.1 Å². The third kappa shape index (κ3) is 7.60. The number of para-hydroxylation sites is 2. The fourth-order valence-corrected chi connectivity index (χ4v) is 5.31. The average Bonchev–Trinajstić information content (AvgIpc) is 2.88. The van der Waals surface area contributed by atoms with Gasteiger partial charge < -0.3 is 25.0 Å². The molecule has 0 bridgehead atoms. The number of hydrogen-bond donors (Lipinski definition) is 3. The minimum Gasteiger partial charge on any atom is -0.478 e. The van der Waals surface area contributed by atoms with Crippen molar-refractivity contribution in [3.05, 3.63) is 83.4 Å². The fourth-order valence-electron chi connectivity index (χ4n) is 3.67. The van der Waals surface area contributed by atoms with E-state index in [1.807, 2.05) is 26.0 Å². The number of carboxylic acid groups (broad SMARTS) is 1. The van der Waals surface area contributed by atoms with E-state index in [-0.39, 0.29) is 24.9 Å². The standard InChI is InChI=1S/C28H33N2O7P/c1-5-35-28(33)21(4)36-38(34,37-22-11-7-6-8-12-22)18-17-29-25-16-15-19(2)20(3)26(25)30-24-14-10-9-13-23(24)27(31)32/h6-16,21,29-30H,5,17-18H2,1-4H3,(H,31,32)/t21-,38?/m0/s1. The van der Waals surface area contributed by atoms with E-state index in [1.54, 1.807) is 55.5 Å². The first-order valence-electron chi connectivity index (χ1n) is 12.3. The molecule has 0 aliphatic rings. The lowest BCUT2D eigenvalue weighted by molar-refractivity contribution is -0.150. The zero-order valence-corrected chi connectivity index (χ0v) is 22.8. The topological polar surface area (TPSA) is 123 Å². The van der Waals surface area contributed by atoms with Gasteiger partial charge in [0, 0.05) is 6.54 Å². The van der Waals surface area contributed by atoms with Gasteiger partial charge >= 0.3 is 19.5 Å². The van der Waals surface area contributed by atoms with Gasteiger partial charge in [0.25, 0.3) is 0 Å². The number of carbonyl (C=O) groups excluding carboxylic acids is 1. The molecule has 3 aromatic rings. The largest absolute Gasteiger partial charge is 0.478 e. The molecule has 0 saturated carbocycles. The molecule has 0 saturated heterocycles. The number of aromatic carboxylic acids is 1. The normalized spacial score (nSPS) is 13.2. The second kappa shape index (κ2) is 13.1. The Morgan fingerprint density at radius 1 is 0.974 bits per heavy atom. The first kappa shape index (κ1) is 28.8. The van der Waals surface area contributed by atoms with Crippen LogP contribution in [0.3, 0.4) is 0 Å². The number of rotatable bonds is 13. The minimum absolute atomic E-state index is 0.0519. The summed E-state index contributed by atoms with van der Waals surface area (Å²) in [6.45, 7) is 7.39. The molecule has 9 nitrogen and oxygen atoms in total. The van der Waals surface area contributed by atoms with Gasteiger partial charge in [0.1, 0.15) is 5.75 Å². The van der Waals surface area contributed by atoms with Crippen LogP contribution in [0.2, 0.25) is 0 Å². The van der Waals surface area contributed by atoms with Gasteiger partial charge in [0.2, 0.25) is 0 Å². The molecule has 38 heavy (non-hydrogen) atoms. The van der Waals surface area contributed by atoms with E-state index in [2.05, 4.69) is 10.6 Å². The molecular weight excluding hydrogens is 507 g/mol. The molecule has 0 radical (unpaired) electrons. The third-order valence-electron chi connectivity index (χ3n) is 5.78. The fraction of sp³-hybridized carbons (Fsp3) is 0.286. The monoisotopic (exact) mass is 540 g/mol. The Labute approximate surface area is 222 Å². The first-order valence-corrected chi connectivity index (χ1v) is 14.0. The van der Waals surface area contributed by atoms with E-state index in [9.17, 15) is 19.3 Å². The molecule has 3 aromatic carbocycles. The first-order chi connectivity index (χ1) is 18.1. The molecule has 2 atom stereocenters. The van der Waals surface area contributed by atoms with E-state index in [0.29, 0.717) is 22.8 Å². The second-order valence-corrected chi connectivity index (χ2v) is 10.6. The number of carboxylic acids is 1. The second-order valence-electron chi connectivity index (χ2n) is 8.57. The van der Waals surface area contributed by atoms with E-state index < -0.39 is 25.6 Å². The molecule has 0 aromatic heterocycles. The number of esters is 1. The SMILES string of the molecule is CCOC(=O)[C@H](C)OP(=O)(CCNc1ccc(C)c(C)c1Nc1ccccc1C(=O)O)Oc1ccccc1. The van der Waals surface area contributed by atoms with Crippen molar-refractivity contribution in [2.75, 3.05) is 29.9 Å². The molecule has 0 aliphatic carbocycles. The smallest absolute Gasteiger partial charge is 0.381 e. The summed E-state index contributed by atoms with van der Waals surface area (Å²) >= 11 is 0. The lowest BCUT2D eigenvalue weighted by Gasteiger charge is -2.23. The lowest BCUT2D eigenvalue weighted by atomic mass is 10.1. The quantitative estimate of drug-likeness (QED) is 0.167. The highest BCUT2D eigenvalue weighted by Crippen LogP contribution is 2.49. The number of ether oxygens (including phenoxy) is 1. The van der Waals surface area contributed by atoms with Crippen molar-refractivity contribution in [3.8, 4) is 5.75 Å². The average molecular weight is 541 g/mol. The molecule has 0 aliphatic heterocycles. The van der Waals surface area contributed by atoms with Crippen LogP contribution in [0.25, 0.3) is 0 Å². The summed E-state index contributed by atoms with van der Waals surface area (Å²) in [5.41, 5.74) is 3.89. The molecule has 0 fully saturated rings. The number of aryl methyl sites for hydroxylation is 1. The summed E-state index contributed by atoms with van der Waals surface area (Å²) in [6, 6.07) is 19.0. The maximum atomic E-state index is 13.7. The zero-order valence-electron chi connectivity index (χ0n) is 21.9. The van der Waals surface area contributed by atoms with Crippen LogP contribution in [0, 0.1) is 13.8 Å². The molecule has 0 amide bonds. The summed E-state index contributed by atoms with van der Waals surface area (Å²) in [6.07, 6.45) is -1.14. The third-order valence-corrected chi connectivity index (χ3v) is 7.68. The number of benzene rings is 3. The number of nitrogens with one attached hydrogen (secondary N) is 2. The van der Waals surface area contributed by atoms with Crippen molar-refractivity contribution in [2.45, 2.75) is 33.8 Å². The molecule has 10 heteroatoms. The lowest BCUT2D eigenvalue weighted by Crippen LogP contribution is -2.25. The van der Waals surface area contributed by atoms with Crippen LogP contribution < -0.4 is 15.2 Å². The summed E-state index contributed by atoms with van der Waals surface area (Å²) in [5.74, 6) is -1.32. The molecule has 0 spiro atoms. The van der Waals surface area contributed by atoms with Gasteiger partial charge in [-0.2, -0.15) is 0 Å². The van der Waals surface area contributed by atoms with Crippen LogP contribution in [-0.4, -0.2) is 42.5 Å². The Bertz CT molecular complexity index is 1310. The van der Waals surface area contributed by atoms with Crippen molar-refractivity contribution >= 4 is 36.6 Å². The van der Waals surface area contributed by atoms with Gasteiger partial charge in [-0.15, -0.1) is 0 Å². The van der Waals surface area contributed by atoms with E-state index >= 15 is 0 Å². The van der Waals surface area contributed by atoms with Crippen molar-refractivity contribution in [3.63, 3.8) is 0 Å². The predicted octanol–water partition coefficient (Wildman–Crippen LogP) is 6.40. The summed E-state index contributed by atoms with van der Waals surface area (Å²) in [5, 5.41) is 16.1. The van der Waals surface area contributed by atoms with Crippen LogP contribution in [0.1, 0.15) is 35.3 Å². The summed E-state index contributed by atoms with van der Waals surface area (Å²) in [4.78, 5) is 23.9. The van der Waals surface area contributed by atoms with Gasteiger partial charge in [-0.05, 0) is 69.2 Å². The highest BCUT2D eigenvalue weighted by molar-refractivity contribution is 7.54. The zero-order chi connectivity index (χ0) is 27.7. The Balaban J connectivity index is 1.82. The van der Waals surface area contributed by atoms with Gasteiger partial charge in [-0.1, -0.05) is 36.4 Å². The Morgan fingerprint density at radius 2 is 1.66 bits per heavy atom. The number of hydrogen-bond acceptors (Lipinski definition) is 8. The van der Waals surface area contributed by atoms with Crippen molar-refractivity contribution < 1.29 is 33.0 Å². The maximum absolute atomic E-state index is 13.7. The van der Waals surface area contributed by atoms with Crippen LogP contribution in [0.4, 0.5) is 17.1 Å². The van der Waals surface area contributed by atoms with Gasteiger partial charge in [-0.3, -0.25) is 4.52 Å². The molecule has 3 N–H and O–H groups in total.